The van der Waals surface area contributed by atoms with Crippen LogP contribution in [0.4, 0.5) is 0 Å². The molecule has 0 saturated heterocycles. The molecule has 0 aromatic heterocycles. The van der Waals surface area contributed by atoms with E-state index in [-0.39, 0.29) is 6.61 Å². The van der Waals surface area contributed by atoms with Crippen LogP contribution in [0.15, 0.2) is 53.0 Å². The van der Waals surface area contributed by atoms with Crippen molar-refractivity contribution in [3.63, 3.8) is 0 Å². The SMILES string of the molecule is COc1ccc(OCC(=O)NNC(=O)c2cccc(Br)c2)cc1. The quantitative estimate of drug-likeness (QED) is 0.782. The van der Waals surface area contributed by atoms with Gasteiger partial charge in [0.05, 0.1) is 7.11 Å². The zero-order chi connectivity index (χ0) is 16.7. The van der Waals surface area contributed by atoms with Crippen LogP contribution < -0.4 is 20.3 Å². The minimum absolute atomic E-state index is 0.217. The maximum atomic E-state index is 11.8. The molecule has 0 unspecified atom stereocenters. The smallest absolute Gasteiger partial charge is 0.276 e. The van der Waals surface area contributed by atoms with Crippen molar-refractivity contribution in [3.8, 4) is 11.5 Å². The van der Waals surface area contributed by atoms with Gasteiger partial charge < -0.3 is 9.47 Å². The third-order valence-electron chi connectivity index (χ3n) is 2.83. The highest BCUT2D eigenvalue weighted by molar-refractivity contribution is 9.10. The van der Waals surface area contributed by atoms with Gasteiger partial charge in [-0.25, -0.2) is 0 Å². The van der Waals surface area contributed by atoms with Crippen molar-refractivity contribution in [2.75, 3.05) is 13.7 Å². The van der Waals surface area contributed by atoms with Crippen molar-refractivity contribution < 1.29 is 19.1 Å². The molecule has 0 atom stereocenters. The molecular weight excluding hydrogens is 364 g/mol. The lowest BCUT2D eigenvalue weighted by atomic mass is 10.2. The van der Waals surface area contributed by atoms with Gasteiger partial charge in [-0.15, -0.1) is 0 Å². The van der Waals surface area contributed by atoms with Gasteiger partial charge in [-0.1, -0.05) is 22.0 Å². The first-order valence-corrected chi connectivity index (χ1v) is 7.49. The summed E-state index contributed by atoms with van der Waals surface area (Å²) in [5, 5.41) is 0. The van der Waals surface area contributed by atoms with E-state index in [9.17, 15) is 9.59 Å². The van der Waals surface area contributed by atoms with Crippen molar-refractivity contribution in [1.82, 2.24) is 10.9 Å². The Kier molecular flexibility index (Phi) is 5.99. The number of nitrogens with one attached hydrogen (secondary N) is 2. The van der Waals surface area contributed by atoms with E-state index in [1.165, 1.54) is 0 Å². The minimum atomic E-state index is -0.468. The molecule has 0 aliphatic carbocycles. The molecule has 0 radical (unpaired) electrons. The summed E-state index contributed by atoms with van der Waals surface area (Å²) in [6.45, 7) is -0.217. The molecule has 23 heavy (non-hydrogen) atoms. The number of hydrazine groups is 1. The van der Waals surface area contributed by atoms with Crippen LogP contribution in [0.1, 0.15) is 10.4 Å². The predicted molar refractivity (Wildman–Crippen MR) is 88.2 cm³/mol. The van der Waals surface area contributed by atoms with Gasteiger partial charge in [0.1, 0.15) is 11.5 Å². The molecule has 2 amide bonds. The topological polar surface area (TPSA) is 76.7 Å². The van der Waals surface area contributed by atoms with Crippen molar-refractivity contribution in [2.24, 2.45) is 0 Å². The second-order valence-electron chi connectivity index (χ2n) is 4.48. The molecule has 120 valence electrons. The summed E-state index contributed by atoms with van der Waals surface area (Å²) < 4.78 is 11.1. The van der Waals surface area contributed by atoms with E-state index in [1.807, 2.05) is 0 Å². The summed E-state index contributed by atoms with van der Waals surface area (Å²) >= 11 is 3.28. The van der Waals surface area contributed by atoms with E-state index in [1.54, 1.807) is 55.6 Å². The Morgan fingerprint density at radius 1 is 1.04 bits per heavy atom. The number of ether oxygens (including phenoxy) is 2. The fraction of sp³-hybridized carbons (Fsp3) is 0.125. The third kappa shape index (κ3) is 5.30. The van der Waals surface area contributed by atoms with E-state index in [2.05, 4.69) is 26.8 Å². The molecule has 2 aromatic rings. The molecule has 0 spiro atoms. The average molecular weight is 379 g/mol. The number of benzene rings is 2. The Morgan fingerprint density at radius 2 is 1.74 bits per heavy atom. The summed E-state index contributed by atoms with van der Waals surface area (Å²) in [5.41, 5.74) is 5.04. The second kappa shape index (κ2) is 8.19. The molecule has 7 heteroatoms. The van der Waals surface area contributed by atoms with Crippen LogP contribution in [0.2, 0.25) is 0 Å². The minimum Gasteiger partial charge on any atom is -0.497 e. The van der Waals surface area contributed by atoms with Gasteiger partial charge in [-0.3, -0.25) is 20.4 Å². The second-order valence-corrected chi connectivity index (χ2v) is 5.39. The molecule has 0 bridgehead atoms. The molecule has 0 aliphatic heterocycles. The molecule has 0 heterocycles. The zero-order valence-corrected chi connectivity index (χ0v) is 13.9. The monoisotopic (exact) mass is 378 g/mol. The number of carbonyl (C=O) groups is 2. The largest absolute Gasteiger partial charge is 0.497 e. The lowest BCUT2D eigenvalue weighted by molar-refractivity contribution is -0.123. The Labute approximate surface area is 141 Å². The van der Waals surface area contributed by atoms with Gasteiger partial charge in [0.2, 0.25) is 0 Å². The average Bonchev–Trinajstić information content (AvgIpc) is 2.58. The van der Waals surface area contributed by atoms with Crippen LogP contribution in [0.5, 0.6) is 11.5 Å². The Balaban J connectivity index is 1.77. The summed E-state index contributed by atoms with van der Waals surface area (Å²) in [5.74, 6) is 0.343. The fourth-order valence-electron chi connectivity index (χ4n) is 1.69. The van der Waals surface area contributed by atoms with Crippen molar-refractivity contribution >= 4 is 27.7 Å². The van der Waals surface area contributed by atoms with Crippen LogP contribution in [0, 0.1) is 0 Å². The molecular formula is C16H15BrN2O4. The summed E-state index contributed by atoms with van der Waals surface area (Å²) in [4.78, 5) is 23.5. The lowest BCUT2D eigenvalue weighted by Crippen LogP contribution is -2.43. The van der Waals surface area contributed by atoms with Gasteiger partial charge in [-0.2, -0.15) is 0 Å². The first-order chi connectivity index (χ1) is 11.1. The van der Waals surface area contributed by atoms with E-state index in [4.69, 9.17) is 9.47 Å². The van der Waals surface area contributed by atoms with Crippen molar-refractivity contribution in [2.45, 2.75) is 0 Å². The summed E-state index contributed by atoms with van der Waals surface area (Å²) in [6.07, 6.45) is 0. The van der Waals surface area contributed by atoms with Gasteiger partial charge in [-0.05, 0) is 42.5 Å². The lowest BCUT2D eigenvalue weighted by Gasteiger charge is -2.09. The number of rotatable bonds is 5. The van der Waals surface area contributed by atoms with Gasteiger partial charge >= 0.3 is 0 Å². The maximum Gasteiger partial charge on any atom is 0.276 e. The highest BCUT2D eigenvalue weighted by atomic mass is 79.9. The zero-order valence-electron chi connectivity index (χ0n) is 12.3. The highest BCUT2D eigenvalue weighted by Crippen LogP contribution is 2.16. The van der Waals surface area contributed by atoms with Crippen LogP contribution in [0.3, 0.4) is 0 Å². The van der Waals surface area contributed by atoms with E-state index in [0.717, 1.165) is 4.47 Å². The van der Waals surface area contributed by atoms with Crippen molar-refractivity contribution in [1.29, 1.82) is 0 Å². The Hall–Kier alpha value is -2.54. The normalized spacial score (nSPS) is 9.83. The van der Waals surface area contributed by atoms with E-state index < -0.39 is 11.8 Å². The van der Waals surface area contributed by atoms with Crippen LogP contribution >= 0.6 is 15.9 Å². The molecule has 0 fully saturated rings. The van der Waals surface area contributed by atoms with Crippen LogP contribution in [-0.2, 0) is 4.79 Å². The molecule has 2 aromatic carbocycles. The first kappa shape index (κ1) is 16.8. The molecule has 2 rings (SSSR count). The summed E-state index contributed by atoms with van der Waals surface area (Å²) in [7, 11) is 1.57. The number of carbonyl (C=O) groups excluding carboxylic acids is 2. The molecule has 2 N–H and O–H groups in total. The van der Waals surface area contributed by atoms with Gasteiger partial charge in [0.25, 0.3) is 11.8 Å². The predicted octanol–water partition coefficient (Wildman–Crippen LogP) is 2.30. The first-order valence-electron chi connectivity index (χ1n) is 6.70. The standard InChI is InChI=1S/C16H15BrN2O4/c1-22-13-5-7-14(8-6-13)23-10-15(20)18-19-16(21)11-3-2-4-12(17)9-11/h2-9H,10H2,1H3,(H,18,20)(H,19,21). The third-order valence-corrected chi connectivity index (χ3v) is 3.32. The van der Waals surface area contributed by atoms with Crippen LogP contribution in [-0.4, -0.2) is 25.5 Å². The number of halogens is 1. The molecule has 0 aliphatic rings. The number of methoxy groups -OCH3 is 1. The Morgan fingerprint density at radius 3 is 2.39 bits per heavy atom. The van der Waals surface area contributed by atoms with Gasteiger partial charge in [0.15, 0.2) is 6.61 Å². The summed E-state index contributed by atoms with van der Waals surface area (Å²) in [6, 6.07) is 13.6. The maximum absolute atomic E-state index is 11.8. The Bertz CT molecular complexity index is 689. The van der Waals surface area contributed by atoms with Crippen LogP contribution in [0.25, 0.3) is 0 Å². The molecule has 6 nitrogen and oxygen atoms in total. The number of hydrogen-bond donors (Lipinski definition) is 2. The number of hydrogen-bond acceptors (Lipinski definition) is 4. The fourth-order valence-corrected chi connectivity index (χ4v) is 2.08. The van der Waals surface area contributed by atoms with Crippen molar-refractivity contribution in [3.05, 3.63) is 58.6 Å². The van der Waals surface area contributed by atoms with E-state index in [0.29, 0.717) is 17.1 Å². The molecule has 0 saturated carbocycles. The highest BCUT2D eigenvalue weighted by Gasteiger charge is 2.08. The number of amides is 2. The van der Waals surface area contributed by atoms with E-state index >= 15 is 0 Å². The van der Waals surface area contributed by atoms with Gasteiger partial charge in [0, 0.05) is 10.0 Å².